The van der Waals surface area contributed by atoms with Crippen LogP contribution in [0.15, 0.2) is 24.4 Å². The van der Waals surface area contributed by atoms with Crippen molar-refractivity contribution in [2.45, 2.75) is 44.4 Å². The van der Waals surface area contributed by atoms with Crippen LogP contribution in [0.5, 0.6) is 0 Å². The number of pyridine rings is 1. The molecule has 2 aliphatic heterocycles. The van der Waals surface area contributed by atoms with E-state index in [1.54, 1.807) is 12.3 Å². The molecular formula is C19H23F6N3O6. The molecule has 0 unspecified atom stereocenters. The van der Waals surface area contributed by atoms with Gasteiger partial charge in [0.05, 0.1) is 18.8 Å². The number of fused-ring (bicyclic) bond motifs is 1. The van der Waals surface area contributed by atoms with Crippen molar-refractivity contribution in [2.75, 3.05) is 26.2 Å². The highest BCUT2D eigenvalue weighted by Crippen LogP contribution is 2.25. The van der Waals surface area contributed by atoms with E-state index >= 15 is 0 Å². The van der Waals surface area contributed by atoms with Crippen LogP contribution in [0.1, 0.15) is 24.3 Å². The van der Waals surface area contributed by atoms with Gasteiger partial charge in [0.1, 0.15) is 5.69 Å². The number of alkyl halides is 6. The van der Waals surface area contributed by atoms with Gasteiger partial charge >= 0.3 is 24.3 Å². The molecule has 0 spiro atoms. The standard InChI is InChI=1S/C15H21N3O2.2C2HF3O2/c1-11(2)18-7-8-20-14-10-17(9-13(14)18)15(19)12-5-3-4-6-16-12;2*3-2(4,5)1(6)7/h3-6,11,13-14H,7-10H2,1-2H3;2*(H,6,7)/t13-,14+;;/m1../s1. The van der Waals surface area contributed by atoms with Crippen LogP contribution in [-0.2, 0) is 14.3 Å². The van der Waals surface area contributed by atoms with Gasteiger partial charge in [0.2, 0.25) is 0 Å². The zero-order valence-electron chi connectivity index (χ0n) is 18.0. The maximum atomic E-state index is 12.5. The van der Waals surface area contributed by atoms with Crippen LogP contribution in [0.2, 0.25) is 0 Å². The first kappa shape index (κ1) is 29.1. The third-order valence-corrected chi connectivity index (χ3v) is 4.66. The highest BCUT2D eigenvalue weighted by molar-refractivity contribution is 5.92. The molecule has 2 fully saturated rings. The number of likely N-dealkylation sites (tertiary alicyclic amines) is 1. The van der Waals surface area contributed by atoms with E-state index in [4.69, 9.17) is 24.5 Å². The first-order valence-electron chi connectivity index (χ1n) is 9.73. The summed E-state index contributed by atoms with van der Waals surface area (Å²) in [5.41, 5.74) is 0.516. The van der Waals surface area contributed by atoms with Crippen LogP contribution in [0.3, 0.4) is 0 Å². The number of rotatable bonds is 2. The van der Waals surface area contributed by atoms with E-state index in [2.05, 4.69) is 23.7 Å². The average molecular weight is 503 g/mol. The summed E-state index contributed by atoms with van der Waals surface area (Å²) in [5.74, 6) is -5.51. The molecule has 0 saturated carbocycles. The van der Waals surface area contributed by atoms with E-state index in [-0.39, 0.29) is 12.0 Å². The van der Waals surface area contributed by atoms with E-state index in [1.807, 2.05) is 17.0 Å². The van der Waals surface area contributed by atoms with Crippen LogP contribution in [0.4, 0.5) is 26.3 Å². The summed E-state index contributed by atoms with van der Waals surface area (Å²) in [6.45, 7) is 7.51. The Labute approximate surface area is 189 Å². The number of halogens is 6. The lowest BCUT2D eigenvalue weighted by atomic mass is 10.1. The van der Waals surface area contributed by atoms with Gasteiger partial charge in [-0.05, 0) is 26.0 Å². The third kappa shape index (κ3) is 8.78. The Bertz CT molecular complexity index is 810. The quantitative estimate of drug-likeness (QED) is 0.590. The van der Waals surface area contributed by atoms with Crippen molar-refractivity contribution < 1.29 is 55.7 Å². The monoisotopic (exact) mass is 503 g/mol. The molecule has 3 heterocycles. The zero-order valence-corrected chi connectivity index (χ0v) is 18.0. The highest BCUT2D eigenvalue weighted by atomic mass is 19.4. The number of carbonyl (C=O) groups excluding carboxylic acids is 1. The first-order valence-corrected chi connectivity index (χ1v) is 9.73. The van der Waals surface area contributed by atoms with Gasteiger partial charge in [-0.25, -0.2) is 9.59 Å². The number of nitrogens with zero attached hydrogens (tertiary/aromatic N) is 3. The maximum absolute atomic E-state index is 12.5. The molecule has 2 N–H and O–H groups in total. The molecule has 2 saturated heterocycles. The lowest BCUT2D eigenvalue weighted by Gasteiger charge is -2.39. The molecule has 0 aromatic carbocycles. The van der Waals surface area contributed by atoms with Crippen molar-refractivity contribution in [1.82, 2.24) is 14.8 Å². The Balaban J connectivity index is 0.000000343. The van der Waals surface area contributed by atoms with E-state index in [0.717, 1.165) is 19.7 Å². The Morgan fingerprint density at radius 3 is 1.97 bits per heavy atom. The predicted molar refractivity (Wildman–Crippen MR) is 103 cm³/mol. The van der Waals surface area contributed by atoms with E-state index in [0.29, 0.717) is 24.3 Å². The largest absolute Gasteiger partial charge is 0.490 e. The molecule has 34 heavy (non-hydrogen) atoms. The summed E-state index contributed by atoms with van der Waals surface area (Å²) >= 11 is 0. The fraction of sp³-hybridized carbons (Fsp3) is 0.579. The summed E-state index contributed by atoms with van der Waals surface area (Å²) in [7, 11) is 0. The zero-order chi connectivity index (χ0) is 26.3. The van der Waals surface area contributed by atoms with E-state index < -0.39 is 24.3 Å². The summed E-state index contributed by atoms with van der Waals surface area (Å²) in [4.78, 5) is 38.7. The number of carboxylic acids is 2. The molecule has 1 aromatic heterocycles. The van der Waals surface area contributed by atoms with Gasteiger partial charge in [-0.15, -0.1) is 0 Å². The van der Waals surface area contributed by atoms with Crippen molar-refractivity contribution in [3.05, 3.63) is 30.1 Å². The van der Waals surface area contributed by atoms with Crippen molar-refractivity contribution in [2.24, 2.45) is 0 Å². The molecular weight excluding hydrogens is 480 g/mol. The van der Waals surface area contributed by atoms with E-state index in [9.17, 15) is 31.1 Å². The highest BCUT2D eigenvalue weighted by Gasteiger charge is 2.43. The molecule has 192 valence electrons. The predicted octanol–water partition coefficient (Wildman–Crippen LogP) is 2.28. The van der Waals surface area contributed by atoms with Gasteiger partial charge < -0.3 is 19.8 Å². The van der Waals surface area contributed by atoms with Crippen molar-refractivity contribution in [3.8, 4) is 0 Å². The van der Waals surface area contributed by atoms with Crippen LogP contribution >= 0.6 is 0 Å². The second-order valence-electron chi connectivity index (χ2n) is 7.34. The van der Waals surface area contributed by atoms with Gasteiger partial charge in [0, 0.05) is 31.9 Å². The summed E-state index contributed by atoms with van der Waals surface area (Å²) in [6, 6.07) is 6.24. The molecule has 2 aliphatic rings. The number of aromatic nitrogens is 1. The lowest BCUT2D eigenvalue weighted by molar-refractivity contribution is -0.193. The Hall–Kier alpha value is -2.94. The van der Waals surface area contributed by atoms with Crippen LogP contribution in [0.25, 0.3) is 0 Å². The number of hydrogen-bond acceptors (Lipinski definition) is 6. The number of carboxylic acid groups (broad SMARTS) is 2. The number of ether oxygens (including phenoxy) is 1. The molecule has 1 aromatic rings. The third-order valence-electron chi connectivity index (χ3n) is 4.66. The number of carbonyl (C=O) groups is 3. The van der Waals surface area contributed by atoms with Gasteiger partial charge in [-0.1, -0.05) is 6.07 Å². The molecule has 2 atom stereocenters. The molecule has 0 bridgehead atoms. The van der Waals surface area contributed by atoms with Crippen LogP contribution in [-0.4, -0.2) is 99.6 Å². The number of morpholine rings is 1. The van der Waals surface area contributed by atoms with Crippen molar-refractivity contribution in [1.29, 1.82) is 0 Å². The average Bonchev–Trinajstić information content (AvgIpc) is 3.17. The minimum absolute atomic E-state index is 0.00676. The minimum Gasteiger partial charge on any atom is -0.475 e. The first-order chi connectivity index (χ1) is 15.6. The second kappa shape index (κ2) is 12.0. The molecule has 0 aliphatic carbocycles. The van der Waals surface area contributed by atoms with Crippen LogP contribution < -0.4 is 0 Å². The number of aliphatic carboxylic acids is 2. The fourth-order valence-corrected chi connectivity index (χ4v) is 3.17. The second-order valence-corrected chi connectivity index (χ2v) is 7.34. The molecule has 15 heteroatoms. The normalized spacial score (nSPS) is 20.4. The molecule has 1 amide bonds. The maximum Gasteiger partial charge on any atom is 0.490 e. The summed E-state index contributed by atoms with van der Waals surface area (Å²) < 4.78 is 69.3. The van der Waals surface area contributed by atoms with E-state index in [1.165, 1.54) is 0 Å². The van der Waals surface area contributed by atoms with Gasteiger partial charge in [0.25, 0.3) is 5.91 Å². The van der Waals surface area contributed by atoms with Gasteiger partial charge in [-0.3, -0.25) is 14.7 Å². The SMILES string of the molecule is CC(C)N1CCO[C@H]2CN(C(=O)c3ccccn3)C[C@H]21.O=C(O)C(F)(F)F.O=C(O)C(F)(F)F. The number of amides is 1. The van der Waals surface area contributed by atoms with Crippen molar-refractivity contribution >= 4 is 17.8 Å². The fourth-order valence-electron chi connectivity index (χ4n) is 3.17. The molecule has 3 rings (SSSR count). The number of hydrogen-bond donors (Lipinski definition) is 2. The Kier molecular flexibility index (Phi) is 10.2. The lowest BCUT2D eigenvalue weighted by Crippen LogP contribution is -2.53. The summed E-state index contributed by atoms with van der Waals surface area (Å²) in [5, 5.41) is 14.2. The van der Waals surface area contributed by atoms with Gasteiger partial charge in [-0.2, -0.15) is 26.3 Å². The Morgan fingerprint density at radius 2 is 1.56 bits per heavy atom. The van der Waals surface area contributed by atoms with Crippen LogP contribution in [0, 0.1) is 0 Å². The Morgan fingerprint density at radius 1 is 1.03 bits per heavy atom. The molecule has 9 nitrogen and oxygen atoms in total. The topological polar surface area (TPSA) is 120 Å². The minimum atomic E-state index is -5.08. The molecule has 0 radical (unpaired) electrons. The van der Waals surface area contributed by atoms with Crippen molar-refractivity contribution in [3.63, 3.8) is 0 Å². The van der Waals surface area contributed by atoms with Gasteiger partial charge in [0.15, 0.2) is 0 Å². The smallest absolute Gasteiger partial charge is 0.475 e. The summed E-state index contributed by atoms with van der Waals surface area (Å²) in [6.07, 6.45) is -8.37.